The largest absolute Gasteiger partial charge is 0.389 e. The van der Waals surface area contributed by atoms with Crippen LogP contribution >= 0.6 is 15.9 Å². The average molecular weight is 329 g/mol. The molecule has 1 aromatic carbocycles. The second-order valence-electron chi connectivity index (χ2n) is 4.78. The Morgan fingerprint density at radius 1 is 1.47 bits per heavy atom. The lowest BCUT2D eigenvalue weighted by molar-refractivity contribution is -0.123. The van der Waals surface area contributed by atoms with Crippen LogP contribution in [-0.4, -0.2) is 31.7 Å². The Morgan fingerprint density at radius 3 is 2.58 bits per heavy atom. The van der Waals surface area contributed by atoms with E-state index in [0.29, 0.717) is 6.54 Å². The maximum atomic E-state index is 11.5. The maximum absolute atomic E-state index is 11.5. The van der Waals surface area contributed by atoms with E-state index in [-0.39, 0.29) is 11.8 Å². The number of aliphatic hydroxyl groups excluding tert-OH is 1. The van der Waals surface area contributed by atoms with Gasteiger partial charge in [-0.05, 0) is 24.6 Å². The van der Waals surface area contributed by atoms with Crippen LogP contribution in [0.4, 0.5) is 5.69 Å². The predicted octanol–water partition coefficient (Wildman–Crippen LogP) is 2.32. The van der Waals surface area contributed by atoms with Crippen LogP contribution < -0.4 is 10.2 Å². The summed E-state index contributed by atoms with van der Waals surface area (Å²) in [5, 5.41) is 12.2. The van der Waals surface area contributed by atoms with Crippen molar-refractivity contribution in [1.29, 1.82) is 0 Å². The summed E-state index contributed by atoms with van der Waals surface area (Å²) < 4.78 is 0.874. The molecule has 0 aliphatic heterocycles. The van der Waals surface area contributed by atoms with Crippen LogP contribution in [0.15, 0.2) is 22.7 Å². The van der Waals surface area contributed by atoms with Crippen molar-refractivity contribution in [2.45, 2.75) is 20.0 Å². The molecule has 0 heterocycles. The third-order valence-electron chi connectivity index (χ3n) is 3.12. The highest BCUT2D eigenvalue weighted by Gasteiger charge is 2.15. The molecule has 4 nitrogen and oxygen atoms in total. The van der Waals surface area contributed by atoms with E-state index >= 15 is 0 Å². The highest BCUT2D eigenvalue weighted by Crippen LogP contribution is 2.28. The predicted molar refractivity (Wildman–Crippen MR) is 81.3 cm³/mol. The number of rotatable bonds is 5. The minimum atomic E-state index is -0.501. The van der Waals surface area contributed by atoms with E-state index < -0.39 is 6.10 Å². The molecule has 2 atom stereocenters. The van der Waals surface area contributed by atoms with Gasteiger partial charge in [0.1, 0.15) is 0 Å². The fraction of sp³-hybridized carbons (Fsp3) is 0.500. The van der Waals surface area contributed by atoms with Crippen LogP contribution in [0.2, 0.25) is 0 Å². The van der Waals surface area contributed by atoms with Crippen molar-refractivity contribution in [1.82, 2.24) is 5.32 Å². The molecule has 0 spiro atoms. The number of benzene rings is 1. The third kappa shape index (κ3) is 4.21. The normalized spacial score (nSPS) is 13.8. The van der Waals surface area contributed by atoms with Crippen LogP contribution in [0.1, 0.15) is 25.5 Å². The Morgan fingerprint density at radius 2 is 2.11 bits per heavy atom. The molecule has 0 saturated carbocycles. The van der Waals surface area contributed by atoms with Crippen LogP contribution in [0.3, 0.4) is 0 Å². The van der Waals surface area contributed by atoms with Gasteiger partial charge in [0.2, 0.25) is 5.91 Å². The Labute approximate surface area is 122 Å². The number of halogens is 1. The first kappa shape index (κ1) is 16.0. The quantitative estimate of drug-likeness (QED) is 0.872. The van der Waals surface area contributed by atoms with E-state index in [0.717, 1.165) is 15.7 Å². The molecule has 19 heavy (non-hydrogen) atoms. The SMILES string of the molecule is CNC(=O)C(C)CN(C)c1ccc(C(C)O)c(Br)c1. The number of amides is 1. The second kappa shape index (κ2) is 6.91. The fourth-order valence-corrected chi connectivity index (χ4v) is 2.64. The van der Waals surface area contributed by atoms with E-state index in [1.54, 1.807) is 14.0 Å². The van der Waals surface area contributed by atoms with Gasteiger partial charge >= 0.3 is 0 Å². The molecule has 0 aliphatic carbocycles. The molecule has 106 valence electrons. The van der Waals surface area contributed by atoms with Gasteiger partial charge in [0.25, 0.3) is 0 Å². The lowest BCUT2D eigenvalue weighted by Crippen LogP contribution is -2.34. The number of aliphatic hydroxyl groups is 1. The number of anilines is 1. The number of carbonyl (C=O) groups is 1. The highest BCUT2D eigenvalue weighted by molar-refractivity contribution is 9.10. The van der Waals surface area contributed by atoms with E-state index in [1.165, 1.54) is 0 Å². The first-order chi connectivity index (χ1) is 8.86. The Bertz CT molecular complexity index is 449. The molecule has 0 fully saturated rings. The smallest absolute Gasteiger partial charge is 0.224 e. The van der Waals surface area contributed by atoms with E-state index in [2.05, 4.69) is 21.2 Å². The summed E-state index contributed by atoms with van der Waals surface area (Å²) in [4.78, 5) is 13.5. The number of nitrogens with one attached hydrogen (secondary N) is 1. The molecular weight excluding hydrogens is 308 g/mol. The van der Waals surface area contributed by atoms with Gasteiger partial charge in [0, 0.05) is 30.8 Å². The molecule has 1 rings (SSSR count). The monoisotopic (exact) mass is 328 g/mol. The van der Waals surface area contributed by atoms with E-state index in [4.69, 9.17) is 0 Å². The fourth-order valence-electron chi connectivity index (χ4n) is 1.94. The van der Waals surface area contributed by atoms with Crippen LogP contribution in [0, 0.1) is 5.92 Å². The number of carbonyl (C=O) groups excluding carboxylic acids is 1. The molecule has 0 aliphatic rings. The van der Waals surface area contributed by atoms with E-state index in [1.807, 2.05) is 37.1 Å². The number of hydrogen-bond acceptors (Lipinski definition) is 3. The first-order valence-corrected chi connectivity index (χ1v) is 7.06. The lowest BCUT2D eigenvalue weighted by atomic mass is 10.1. The van der Waals surface area contributed by atoms with Crippen LogP contribution in [0.5, 0.6) is 0 Å². The Kier molecular flexibility index (Phi) is 5.82. The first-order valence-electron chi connectivity index (χ1n) is 6.27. The Hall–Kier alpha value is -1.07. The van der Waals surface area contributed by atoms with Crippen molar-refractivity contribution in [3.05, 3.63) is 28.2 Å². The zero-order valence-corrected chi connectivity index (χ0v) is 13.4. The van der Waals surface area contributed by atoms with Crippen molar-refractivity contribution < 1.29 is 9.90 Å². The van der Waals surface area contributed by atoms with Gasteiger partial charge < -0.3 is 15.3 Å². The van der Waals surface area contributed by atoms with Gasteiger partial charge in [-0.15, -0.1) is 0 Å². The summed E-state index contributed by atoms with van der Waals surface area (Å²) >= 11 is 3.46. The standard InChI is InChI=1S/C14H21BrN2O2/c1-9(14(19)16-3)8-17(4)11-5-6-12(10(2)18)13(15)7-11/h5-7,9-10,18H,8H2,1-4H3,(H,16,19). The van der Waals surface area contributed by atoms with Crippen molar-refractivity contribution in [2.75, 3.05) is 25.5 Å². The summed E-state index contributed by atoms with van der Waals surface area (Å²) in [6, 6.07) is 5.80. The molecule has 1 amide bonds. The topological polar surface area (TPSA) is 52.6 Å². The Balaban J connectivity index is 2.80. The number of hydrogen-bond donors (Lipinski definition) is 2. The maximum Gasteiger partial charge on any atom is 0.224 e. The summed E-state index contributed by atoms with van der Waals surface area (Å²) in [7, 11) is 3.59. The third-order valence-corrected chi connectivity index (χ3v) is 3.80. The minimum Gasteiger partial charge on any atom is -0.389 e. The molecule has 0 radical (unpaired) electrons. The van der Waals surface area contributed by atoms with Gasteiger partial charge in [-0.25, -0.2) is 0 Å². The van der Waals surface area contributed by atoms with Gasteiger partial charge in [0.15, 0.2) is 0 Å². The number of nitrogens with zero attached hydrogens (tertiary/aromatic N) is 1. The van der Waals surface area contributed by atoms with Crippen molar-refractivity contribution in [3.8, 4) is 0 Å². The molecule has 0 bridgehead atoms. The highest BCUT2D eigenvalue weighted by atomic mass is 79.9. The average Bonchev–Trinajstić information content (AvgIpc) is 2.36. The molecule has 1 aromatic rings. The molecule has 0 saturated heterocycles. The van der Waals surface area contributed by atoms with E-state index in [9.17, 15) is 9.90 Å². The van der Waals surface area contributed by atoms with Crippen molar-refractivity contribution >= 4 is 27.5 Å². The van der Waals surface area contributed by atoms with Crippen molar-refractivity contribution in [2.24, 2.45) is 5.92 Å². The molecule has 2 N–H and O–H groups in total. The van der Waals surface area contributed by atoms with Crippen LogP contribution in [-0.2, 0) is 4.79 Å². The van der Waals surface area contributed by atoms with Crippen LogP contribution in [0.25, 0.3) is 0 Å². The van der Waals surface area contributed by atoms with Gasteiger partial charge in [-0.1, -0.05) is 28.9 Å². The van der Waals surface area contributed by atoms with Gasteiger partial charge in [0.05, 0.1) is 12.0 Å². The molecule has 5 heteroatoms. The zero-order valence-electron chi connectivity index (χ0n) is 11.8. The van der Waals surface area contributed by atoms with Crippen molar-refractivity contribution in [3.63, 3.8) is 0 Å². The summed E-state index contributed by atoms with van der Waals surface area (Å²) in [5.74, 6) is -0.0447. The molecular formula is C14H21BrN2O2. The second-order valence-corrected chi connectivity index (χ2v) is 5.63. The lowest BCUT2D eigenvalue weighted by Gasteiger charge is -2.23. The van der Waals surface area contributed by atoms with Gasteiger partial charge in [-0.2, -0.15) is 0 Å². The summed E-state index contributed by atoms with van der Waals surface area (Å²) in [6.07, 6.45) is -0.501. The zero-order chi connectivity index (χ0) is 14.6. The van der Waals surface area contributed by atoms with Gasteiger partial charge in [-0.3, -0.25) is 4.79 Å². The summed E-state index contributed by atoms with van der Waals surface area (Å²) in [6.45, 7) is 4.27. The molecule has 0 aromatic heterocycles. The summed E-state index contributed by atoms with van der Waals surface area (Å²) in [5.41, 5.74) is 1.86. The minimum absolute atomic E-state index is 0.0338. The molecule has 2 unspecified atom stereocenters.